The molecule has 1 aliphatic heterocycles. The molecule has 5 heteroatoms. The first-order valence-corrected chi connectivity index (χ1v) is 7.38. The maximum absolute atomic E-state index is 12.2. The van der Waals surface area contributed by atoms with Crippen molar-refractivity contribution in [2.45, 2.75) is 32.2 Å². The van der Waals surface area contributed by atoms with E-state index in [9.17, 15) is 4.79 Å². The number of para-hydroxylation sites is 1. The Kier molecular flexibility index (Phi) is 7.54. The number of carbonyl (C=O) groups is 1. The van der Waals surface area contributed by atoms with Gasteiger partial charge in [-0.25, -0.2) is 0 Å². The average molecular weight is 313 g/mol. The summed E-state index contributed by atoms with van der Waals surface area (Å²) in [5.41, 5.74) is 5.94. The lowest BCUT2D eigenvalue weighted by Crippen LogP contribution is -2.45. The maximum Gasteiger partial charge on any atom is 0.226 e. The van der Waals surface area contributed by atoms with Crippen molar-refractivity contribution in [3.8, 4) is 5.75 Å². The standard InChI is InChI=1S/C16H24N2O2.ClH/c1-13(17)14-6-5-10-18(12-14)16(19)9-11-20-15-7-3-2-4-8-15;/h2-4,7-8,13-14H,5-6,9-12,17H2,1H3;1H. The van der Waals surface area contributed by atoms with E-state index in [4.69, 9.17) is 10.5 Å². The molecule has 0 aliphatic carbocycles. The topological polar surface area (TPSA) is 55.6 Å². The summed E-state index contributed by atoms with van der Waals surface area (Å²) in [6.07, 6.45) is 2.61. The summed E-state index contributed by atoms with van der Waals surface area (Å²) in [6, 6.07) is 9.75. The van der Waals surface area contributed by atoms with Crippen LogP contribution in [0.5, 0.6) is 5.75 Å². The van der Waals surface area contributed by atoms with Gasteiger partial charge in [-0.15, -0.1) is 12.4 Å². The highest BCUT2D eigenvalue weighted by atomic mass is 35.5. The highest BCUT2D eigenvalue weighted by Crippen LogP contribution is 2.19. The van der Waals surface area contributed by atoms with Crippen molar-refractivity contribution in [2.75, 3.05) is 19.7 Å². The molecule has 1 aliphatic rings. The van der Waals surface area contributed by atoms with E-state index in [1.165, 1.54) is 0 Å². The van der Waals surface area contributed by atoms with E-state index in [1.807, 2.05) is 42.2 Å². The van der Waals surface area contributed by atoms with Gasteiger partial charge in [0, 0.05) is 19.1 Å². The lowest BCUT2D eigenvalue weighted by molar-refractivity contribution is -0.133. The number of nitrogens with two attached hydrogens (primary N) is 1. The van der Waals surface area contributed by atoms with E-state index in [0.29, 0.717) is 18.9 Å². The zero-order valence-corrected chi connectivity index (χ0v) is 13.3. The Morgan fingerprint density at radius 3 is 2.81 bits per heavy atom. The second kappa shape index (κ2) is 8.90. The van der Waals surface area contributed by atoms with Crippen LogP contribution in [-0.2, 0) is 4.79 Å². The molecule has 1 aromatic rings. The lowest BCUT2D eigenvalue weighted by Gasteiger charge is -2.34. The van der Waals surface area contributed by atoms with Crippen LogP contribution in [-0.4, -0.2) is 36.5 Å². The van der Waals surface area contributed by atoms with Crippen LogP contribution in [0.4, 0.5) is 0 Å². The number of amides is 1. The third kappa shape index (κ3) is 5.56. The van der Waals surface area contributed by atoms with E-state index >= 15 is 0 Å². The molecule has 2 N–H and O–H groups in total. The fourth-order valence-corrected chi connectivity index (χ4v) is 2.60. The Morgan fingerprint density at radius 1 is 1.43 bits per heavy atom. The van der Waals surface area contributed by atoms with E-state index in [2.05, 4.69) is 0 Å². The van der Waals surface area contributed by atoms with Gasteiger partial charge in [0.15, 0.2) is 0 Å². The molecule has 0 saturated carbocycles. The molecular formula is C16H25ClN2O2. The van der Waals surface area contributed by atoms with Crippen molar-refractivity contribution < 1.29 is 9.53 Å². The zero-order valence-electron chi connectivity index (χ0n) is 12.5. The van der Waals surface area contributed by atoms with Gasteiger partial charge in [-0.2, -0.15) is 0 Å². The molecule has 0 spiro atoms. The summed E-state index contributed by atoms with van der Waals surface area (Å²) in [5.74, 6) is 1.42. The van der Waals surface area contributed by atoms with E-state index < -0.39 is 0 Å². The van der Waals surface area contributed by atoms with Gasteiger partial charge in [-0.3, -0.25) is 4.79 Å². The van der Waals surface area contributed by atoms with Crippen molar-refractivity contribution in [1.29, 1.82) is 0 Å². The molecule has 2 atom stereocenters. The predicted molar refractivity (Wildman–Crippen MR) is 86.8 cm³/mol. The normalized spacial score (nSPS) is 19.5. The summed E-state index contributed by atoms with van der Waals surface area (Å²) >= 11 is 0. The maximum atomic E-state index is 12.2. The van der Waals surface area contributed by atoms with Crippen LogP contribution in [0.25, 0.3) is 0 Å². The Labute approximate surface area is 133 Å². The predicted octanol–water partition coefficient (Wildman–Crippen LogP) is 2.46. The fraction of sp³-hybridized carbons (Fsp3) is 0.562. The first-order chi connectivity index (χ1) is 9.66. The lowest BCUT2D eigenvalue weighted by atomic mass is 9.92. The number of likely N-dealkylation sites (tertiary alicyclic amines) is 1. The third-order valence-electron chi connectivity index (χ3n) is 3.88. The summed E-state index contributed by atoms with van der Waals surface area (Å²) < 4.78 is 5.57. The summed E-state index contributed by atoms with van der Waals surface area (Å²) in [7, 11) is 0. The number of nitrogens with zero attached hydrogens (tertiary/aromatic N) is 1. The number of carbonyl (C=O) groups excluding carboxylic acids is 1. The highest BCUT2D eigenvalue weighted by Gasteiger charge is 2.25. The minimum absolute atomic E-state index is 0. The van der Waals surface area contributed by atoms with Crippen LogP contribution < -0.4 is 10.5 Å². The van der Waals surface area contributed by atoms with Gasteiger partial charge in [0.05, 0.1) is 13.0 Å². The highest BCUT2D eigenvalue weighted by molar-refractivity contribution is 5.85. The monoisotopic (exact) mass is 312 g/mol. The molecule has 2 rings (SSSR count). The number of benzene rings is 1. The molecule has 4 nitrogen and oxygen atoms in total. The minimum atomic E-state index is 0. The van der Waals surface area contributed by atoms with Gasteiger partial charge < -0.3 is 15.4 Å². The molecule has 0 radical (unpaired) electrons. The molecule has 1 aromatic carbocycles. The average Bonchev–Trinajstić information content (AvgIpc) is 2.48. The number of halogens is 1. The zero-order chi connectivity index (χ0) is 14.4. The van der Waals surface area contributed by atoms with E-state index in [-0.39, 0.29) is 24.4 Å². The van der Waals surface area contributed by atoms with E-state index in [1.54, 1.807) is 0 Å². The van der Waals surface area contributed by atoms with Crippen molar-refractivity contribution in [2.24, 2.45) is 11.7 Å². The molecule has 2 unspecified atom stereocenters. The van der Waals surface area contributed by atoms with Crippen molar-refractivity contribution in [3.05, 3.63) is 30.3 Å². The SMILES string of the molecule is CC(N)C1CCCN(C(=O)CCOc2ccccc2)C1.Cl. The third-order valence-corrected chi connectivity index (χ3v) is 3.88. The van der Waals surface area contributed by atoms with Gasteiger partial charge in [-0.05, 0) is 37.8 Å². The summed E-state index contributed by atoms with van der Waals surface area (Å²) in [4.78, 5) is 14.1. The molecule has 0 bridgehead atoms. The van der Waals surface area contributed by atoms with Gasteiger partial charge >= 0.3 is 0 Å². The largest absolute Gasteiger partial charge is 0.493 e. The Balaban J connectivity index is 0.00000220. The number of hydrogen-bond acceptors (Lipinski definition) is 3. The Morgan fingerprint density at radius 2 is 2.14 bits per heavy atom. The van der Waals surface area contributed by atoms with Crippen molar-refractivity contribution in [3.63, 3.8) is 0 Å². The number of hydrogen-bond donors (Lipinski definition) is 1. The molecule has 0 aromatic heterocycles. The number of ether oxygens (including phenoxy) is 1. The van der Waals surface area contributed by atoms with Gasteiger partial charge in [0.1, 0.15) is 5.75 Å². The summed E-state index contributed by atoms with van der Waals surface area (Å²) in [6.45, 7) is 4.11. The Bertz CT molecular complexity index is 426. The molecule has 1 heterocycles. The Hall–Kier alpha value is -1.26. The molecule has 21 heavy (non-hydrogen) atoms. The molecule has 1 fully saturated rings. The van der Waals surface area contributed by atoms with Crippen molar-refractivity contribution in [1.82, 2.24) is 4.90 Å². The number of piperidine rings is 1. The summed E-state index contributed by atoms with van der Waals surface area (Å²) in [5, 5.41) is 0. The van der Waals surface area contributed by atoms with Crippen molar-refractivity contribution >= 4 is 18.3 Å². The molecule has 1 amide bonds. The quantitative estimate of drug-likeness (QED) is 0.908. The number of rotatable bonds is 5. The van der Waals surface area contributed by atoms with Gasteiger partial charge in [-0.1, -0.05) is 18.2 Å². The van der Waals surface area contributed by atoms with Crippen LogP contribution in [0.3, 0.4) is 0 Å². The first-order valence-electron chi connectivity index (χ1n) is 7.38. The molecule has 118 valence electrons. The van der Waals surface area contributed by atoms with Crippen LogP contribution in [0.2, 0.25) is 0 Å². The van der Waals surface area contributed by atoms with Gasteiger partial charge in [0.25, 0.3) is 0 Å². The second-order valence-electron chi connectivity index (χ2n) is 5.51. The van der Waals surface area contributed by atoms with Gasteiger partial charge in [0.2, 0.25) is 5.91 Å². The van der Waals surface area contributed by atoms with Crippen LogP contribution >= 0.6 is 12.4 Å². The van der Waals surface area contributed by atoms with Crippen LogP contribution in [0.1, 0.15) is 26.2 Å². The molecule has 1 saturated heterocycles. The van der Waals surface area contributed by atoms with Crippen LogP contribution in [0.15, 0.2) is 30.3 Å². The fourth-order valence-electron chi connectivity index (χ4n) is 2.60. The first kappa shape index (κ1) is 17.8. The smallest absolute Gasteiger partial charge is 0.226 e. The molecular weight excluding hydrogens is 288 g/mol. The minimum Gasteiger partial charge on any atom is -0.493 e. The van der Waals surface area contributed by atoms with E-state index in [0.717, 1.165) is 31.7 Å². The van der Waals surface area contributed by atoms with Crippen LogP contribution in [0, 0.1) is 5.92 Å². The second-order valence-corrected chi connectivity index (χ2v) is 5.51.